The third-order valence-corrected chi connectivity index (χ3v) is 5.17. The van der Waals surface area contributed by atoms with Crippen molar-refractivity contribution in [3.05, 3.63) is 56.7 Å². The maximum absolute atomic E-state index is 14.1. The lowest BCUT2D eigenvalue weighted by Gasteiger charge is -2.13. The van der Waals surface area contributed by atoms with E-state index in [-0.39, 0.29) is 5.69 Å². The summed E-state index contributed by atoms with van der Waals surface area (Å²) in [5.41, 5.74) is 0.201. The van der Waals surface area contributed by atoms with E-state index in [1.807, 2.05) is 13.8 Å². The van der Waals surface area contributed by atoms with Crippen molar-refractivity contribution < 1.29 is 9.18 Å². The zero-order chi connectivity index (χ0) is 22.5. The van der Waals surface area contributed by atoms with Crippen molar-refractivity contribution in [2.45, 2.75) is 66.1 Å². The SMILES string of the molecule is CCCCn1cnc2c1c(=O)n(CC(=O)Nc1ccc(C)cc1F)c(=O)n2CCCC. The molecule has 0 aliphatic heterocycles. The van der Waals surface area contributed by atoms with Crippen LogP contribution in [-0.4, -0.2) is 24.6 Å². The van der Waals surface area contributed by atoms with Crippen LogP contribution in [0, 0.1) is 12.7 Å². The lowest BCUT2D eigenvalue weighted by atomic mass is 10.2. The number of unbranched alkanes of at least 4 members (excludes halogenated alkanes) is 2. The van der Waals surface area contributed by atoms with E-state index in [4.69, 9.17) is 0 Å². The molecule has 0 fully saturated rings. The minimum absolute atomic E-state index is 0.00373. The van der Waals surface area contributed by atoms with Crippen LogP contribution in [0.25, 0.3) is 11.2 Å². The number of rotatable bonds is 9. The molecule has 0 saturated carbocycles. The van der Waals surface area contributed by atoms with Gasteiger partial charge in [0, 0.05) is 13.1 Å². The molecule has 2 heterocycles. The number of carbonyl (C=O) groups is 1. The van der Waals surface area contributed by atoms with Gasteiger partial charge in [-0.25, -0.2) is 18.7 Å². The Hall–Kier alpha value is -3.23. The van der Waals surface area contributed by atoms with Gasteiger partial charge in [0.05, 0.1) is 12.0 Å². The van der Waals surface area contributed by atoms with Crippen LogP contribution in [-0.2, 0) is 24.4 Å². The molecule has 1 amide bonds. The second kappa shape index (κ2) is 9.72. The van der Waals surface area contributed by atoms with Crippen molar-refractivity contribution in [2.24, 2.45) is 0 Å². The van der Waals surface area contributed by atoms with E-state index in [1.54, 1.807) is 23.9 Å². The Bertz CT molecular complexity index is 1210. The minimum atomic E-state index is -0.650. The number of aromatic nitrogens is 4. The van der Waals surface area contributed by atoms with Gasteiger partial charge >= 0.3 is 5.69 Å². The predicted octanol–water partition coefficient (Wildman–Crippen LogP) is 3.05. The number of nitrogens with zero attached hydrogens (tertiary/aromatic N) is 4. The van der Waals surface area contributed by atoms with E-state index >= 15 is 0 Å². The molecule has 1 N–H and O–H groups in total. The molecule has 0 unspecified atom stereocenters. The molecule has 0 spiro atoms. The number of halogens is 1. The average molecular weight is 429 g/mol. The molecule has 0 radical (unpaired) electrons. The predicted molar refractivity (Wildman–Crippen MR) is 118 cm³/mol. The lowest BCUT2D eigenvalue weighted by Crippen LogP contribution is -2.43. The molecular formula is C22H28FN5O3. The van der Waals surface area contributed by atoms with Crippen molar-refractivity contribution in [1.29, 1.82) is 0 Å². The summed E-state index contributed by atoms with van der Waals surface area (Å²) in [7, 11) is 0. The fraction of sp³-hybridized carbons (Fsp3) is 0.455. The van der Waals surface area contributed by atoms with E-state index in [2.05, 4.69) is 10.3 Å². The zero-order valence-electron chi connectivity index (χ0n) is 18.2. The number of nitrogens with one attached hydrogen (secondary N) is 1. The summed E-state index contributed by atoms with van der Waals surface area (Å²) in [5, 5.41) is 2.45. The molecule has 3 rings (SSSR count). The molecule has 9 heteroatoms. The molecule has 0 bridgehead atoms. The smallest absolute Gasteiger partial charge is 0.325 e. The molecular weight excluding hydrogens is 401 g/mol. The largest absolute Gasteiger partial charge is 0.333 e. The molecule has 0 aliphatic rings. The van der Waals surface area contributed by atoms with Gasteiger partial charge in [-0.05, 0) is 37.5 Å². The van der Waals surface area contributed by atoms with Gasteiger partial charge in [-0.2, -0.15) is 0 Å². The van der Waals surface area contributed by atoms with Crippen LogP contribution in [0.3, 0.4) is 0 Å². The highest BCUT2D eigenvalue weighted by atomic mass is 19.1. The highest BCUT2D eigenvalue weighted by Gasteiger charge is 2.20. The summed E-state index contributed by atoms with van der Waals surface area (Å²) in [6.45, 7) is 6.26. The summed E-state index contributed by atoms with van der Waals surface area (Å²) >= 11 is 0. The van der Waals surface area contributed by atoms with Crippen LogP contribution in [0.4, 0.5) is 10.1 Å². The normalized spacial score (nSPS) is 11.2. The van der Waals surface area contributed by atoms with Gasteiger partial charge in [0.15, 0.2) is 11.2 Å². The maximum Gasteiger partial charge on any atom is 0.333 e. The van der Waals surface area contributed by atoms with Crippen molar-refractivity contribution in [1.82, 2.24) is 18.7 Å². The summed E-state index contributed by atoms with van der Waals surface area (Å²) in [5.74, 6) is -1.22. The topological polar surface area (TPSA) is 90.9 Å². The maximum atomic E-state index is 14.1. The second-order valence-electron chi connectivity index (χ2n) is 7.67. The van der Waals surface area contributed by atoms with Crippen molar-refractivity contribution >= 4 is 22.8 Å². The summed E-state index contributed by atoms with van der Waals surface area (Å²) in [6, 6.07) is 4.42. The van der Waals surface area contributed by atoms with E-state index in [9.17, 15) is 18.8 Å². The monoisotopic (exact) mass is 429 g/mol. The first-order valence-electron chi connectivity index (χ1n) is 10.6. The van der Waals surface area contributed by atoms with Crippen LogP contribution in [0.2, 0.25) is 0 Å². The summed E-state index contributed by atoms with van der Waals surface area (Å²) < 4.78 is 18.2. The average Bonchev–Trinajstić information content (AvgIpc) is 3.15. The van der Waals surface area contributed by atoms with Crippen LogP contribution in [0.5, 0.6) is 0 Å². The van der Waals surface area contributed by atoms with E-state index in [1.165, 1.54) is 16.7 Å². The van der Waals surface area contributed by atoms with Crippen molar-refractivity contribution in [3.63, 3.8) is 0 Å². The van der Waals surface area contributed by atoms with Gasteiger partial charge in [-0.15, -0.1) is 0 Å². The lowest BCUT2D eigenvalue weighted by molar-refractivity contribution is -0.116. The molecule has 1 aromatic carbocycles. The Kier molecular flexibility index (Phi) is 7.04. The molecule has 0 aliphatic carbocycles. The van der Waals surface area contributed by atoms with Crippen LogP contribution in [0.15, 0.2) is 34.1 Å². The van der Waals surface area contributed by atoms with Crippen LogP contribution < -0.4 is 16.6 Å². The number of benzene rings is 1. The fourth-order valence-electron chi connectivity index (χ4n) is 3.45. The molecule has 8 nitrogen and oxygen atoms in total. The number of hydrogen-bond donors (Lipinski definition) is 1. The Balaban J connectivity index is 2.02. The Morgan fingerprint density at radius 3 is 2.48 bits per heavy atom. The number of hydrogen-bond acceptors (Lipinski definition) is 4. The zero-order valence-corrected chi connectivity index (χ0v) is 18.2. The van der Waals surface area contributed by atoms with Gasteiger partial charge in [-0.3, -0.25) is 14.2 Å². The van der Waals surface area contributed by atoms with Gasteiger partial charge in [0.2, 0.25) is 5.91 Å². The second-order valence-corrected chi connectivity index (χ2v) is 7.67. The van der Waals surface area contributed by atoms with Crippen molar-refractivity contribution in [3.8, 4) is 0 Å². The molecule has 31 heavy (non-hydrogen) atoms. The number of fused-ring (bicyclic) bond motifs is 1. The Morgan fingerprint density at radius 1 is 1.10 bits per heavy atom. The molecule has 166 valence electrons. The number of amides is 1. The van der Waals surface area contributed by atoms with Gasteiger partial charge in [0.1, 0.15) is 12.4 Å². The molecule has 3 aromatic rings. The minimum Gasteiger partial charge on any atom is -0.325 e. The number of imidazole rings is 1. The Labute approximate surface area is 179 Å². The highest BCUT2D eigenvalue weighted by molar-refractivity contribution is 5.90. The molecule has 0 atom stereocenters. The first-order valence-corrected chi connectivity index (χ1v) is 10.6. The highest BCUT2D eigenvalue weighted by Crippen LogP contribution is 2.15. The van der Waals surface area contributed by atoms with Gasteiger partial charge in [0.25, 0.3) is 5.56 Å². The van der Waals surface area contributed by atoms with Gasteiger partial charge < -0.3 is 9.88 Å². The fourth-order valence-corrected chi connectivity index (χ4v) is 3.45. The quantitative estimate of drug-likeness (QED) is 0.566. The first kappa shape index (κ1) is 22.5. The van der Waals surface area contributed by atoms with E-state index in [0.29, 0.717) is 24.3 Å². The van der Waals surface area contributed by atoms with Crippen LogP contribution >= 0.6 is 0 Å². The summed E-state index contributed by atoms with van der Waals surface area (Å²) in [6.07, 6.45) is 4.95. The number of anilines is 1. The number of carbonyl (C=O) groups excluding carboxylic acids is 1. The molecule has 2 aromatic heterocycles. The van der Waals surface area contributed by atoms with E-state index < -0.39 is 29.5 Å². The number of aryl methyl sites for hydroxylation is 3. The first-order chi connectivity index (χ1) is 14.9. The summed E-state index contributed by atoms with van der Waals surface area (Å²) in [4.78, 5) is 43.1. The third-order valence-electron chi connectivity index (χ3n) is 5.17. The van der Waals surface area contributed by atoms with Gasteiger partial charge in [-0.1, -0.05) is 32.8 Å². The van der Waals surface area contributed by atoms with Crippen molar-refractivity contribution in [2.75, 3.05) is 5.32 Å². The van der Waals surface area contributed by atoms with E-state index in [0.717, 1.165) is 35.8 Å². The van der Waals surface area contributed by atoms with Crippen LogP contribution in [0.1, 0.15) is 45.1 Å². The standard InChI is InChI=1S/C22H28FN5O3/c1-4-6-10-26-14-24-20-19(26)21(30)28(22(31)27(20)11-7-5-2)13-18(29)25-17-9-8-15(3)12-16(17)23/h8-9,12,14H,4-7,10-11,13H2,1-3H3,(H,25,29). The molecule has 0 saturated heterocycles. The Morgan fingerprint density at radius 2 is 1.81 bits per heavy atom. The third kappa shape index (κ3) is 4.76.